The number of hydrogen-bond donors (Lipinski definition) is 2. The zero-order valence-electron chi connectivity index (χ0n) is 16.2. The first-order chi connectivity index (χ1) is 13.1. The lowest BCUT2D eigenvalue weighted by atomic mass is 10.1. The highest BCUT2D eigenvalue weighted by Gasteiger charge is 2.21. The van der Waals surface area contributed by atoms with Crippen molar-refractivity contribution in [2.75, 3.05) is 44.3 Å². The van der Waals surface area contributed by atoms with Crippen LogP contribution in [0.15, 0.2) is 18.3 Å². The molecule has 2 aliphatic rings. The van der Waals surface area contributed by atoms with Gasteiger partial charge in [0, 0.05) is 56.9 Å². The molecular weight excluding hydrogens is 342 g/mol. The number of piperazine rings is 1. The number of carbonyl (C=O) groups is 1. The average Bonchev–Trinajstić information content (AvgIpc) is 3.12. The predicted octanol–water partition coefficient (Wildman–Crippen LogP) is 2.00. The van der Waals surface area contributed by atoms with Gasteiger partial charge in [-0.05, 0) is 38.8 Å². The van der Waals surface area contributed by atoms with Gasteiger partial charge in [-0.3, -0.25) is 9.69 Å². The van der Waals surface area contributed by atoms with Crippen molar-refractivity contribution in [2.45, 2.75) is 38.8 Å². The van der Waals surface area contributed by atoms with Crippen LogP contribution in [0, 0.1) is 0 Å². The maximum atomic E-state index is 12.5. The number of aromatic nitrogens is 2. The number of amides is 1. The Kier molecular flexibility index (Phi) is 5.31. The molecular formula is C20H29N5O2. The van der Waals surface area contributed by atoms with Crippen LogP contribution in [0.25, 0.3) is 10.9 Å². The Bertz CT molecular complexity index is 789. The second-order valence-corrected chi connectivity index (χ2v) is 7.79. The summed E-state index contributed by atoms with van der Waals surface area (Å²) in [6, 6.07) is 4.80. The van der Waals surface area contributed by atoms with E-state index < -0.39 is 0 Å². The fourth-order valence-corrected chi connectivity index (χ4v) is 3.89. The normalized spacial score (nSPS) is 19.7. The maximum Gasteiger partial charge on any atom is 0.267 e. The molecule has 2 aliphatic heterocycles. The summed E-state index contributed by atoms with van der Waals surface area (Å²) in [6.45, 7) is 10.0. The molecule has 2 saturated heterocycles. The van der Waals surface area contributed by atoms with E-state index in [9.17, 15) is 4.79 Å². The molecule has 7 heteroatoms. The number of pyridine rings is 1. The van der Waals surface area contributed by atoms with Crippen LogP contribution in [0.2, 0.25) is 0 Å². The molecule has 0 saturated carbocycles. The van der Waals surface area contributed by atoms with Gasteiger partial charge in [0.1, 0.15) is 11.5 Å². The lowest BCUT2D eigenvalue weighted by Crippen LogP contribution is -2.49. The van der Waals surface area contributed by atoms with Crippen LogP contribution in [0.5, 0.6) is 0 Å². The molecule has 0 bridgehead atoms. The smallest absolute Gasteiger partial charge is 0.267 e. The molecule has 1 amide bonds. The molecule has 7 nitrogen and oxygen atoms in total. The van der Waals surface area contributed by atoms with E-state index in [1.807, 2.05) is 12.3 Å². The first-order valence-corrected chi connectivity index (χ1v) is 9.96. The van der Waals surface area contributed by atoms with Crippen molar-refractivity contribution in [3.05, 3.63) is 24.0 Å². The van der Waals surface area contributed by atoms with Gasteiger partial charge >= 0.3 is 0 Å². The van der Waals surface area contributed by atoms with E-state index in [-0.39, 0.29) is 11.9 Å². The second-order valence-electron chi connectivity index (χ2n) is 7.79. The monoisotopic (exact) mass is 371 g/mol. The number of nitrogens with zero attached hydrogens (tertiary/aromatic N) is 3. The Hall–Kier alpha value is -2.12. The van der Waals surface area contributed by atoms with Crippen molar-refractivity contribution in [3.8, 4) is 0 Å². The van der Waals surface area contributed by atoms with Crippen molar-refractivity contribution in [2.24, 2.45) is 0 Å². The molecule has 27 heavy (non-hydrogen) atoms. The third-order valence-electron chi connectivity index (χ3n) is 5.66. The van der Waals surface area contributed by atoms with E-state index in [0.717, 1.165) is 69.0 Å². The number of carbonyl (C=O) groups excluding carboxylic acids is 1. The number of hydrogen-bond acceptors (Lipinski definition) is 5. The molecule has 2 N–H and O–H groups in total. The van der Waals surface area contributed by atoms with Crippen molar-refractivity contribution < 1.29 is 9.53 Å². The average molecular weight is 371 g/mol. The summed E-state index contributed by atoms with van der Waals surface area (Å²) in [5.74, 6) is 0.937. The van der Waals surface area contributed by atoms with Gasteiger partial charge in [-0.25, -0.2) is 4.98 Å². The lowest BCUT2D eigenvalue weighted by molar-refractivity contribution is 0.0694. The van der Waals surface area contributed by atoms with Crippen LogP contribution in [0.3, 0.4) is 0 Å². The standard InChI is InChI=1S/C20H29N5O2/c1-14(2)24-5-7-25(8-6-24)19-12-15-11-17(23-18(15)13-21-19)20(26)22-16-3-9-27-10-4-16/h11-14,16,23H,3-10H2,1-2H3,(H,22,26). The summed E-state index contributed by atoms with van der Waals surface area (Å²) < 4.78 is 5.35. The van der Waals surface area contributed by atoms with Gasteiger partial charge in [-0.1, -0.05) is 0 Å². The number of ether oxygens (including phenoxy) is 1. The summed E-state index contributed by atoms with van der Waals surface area (Å²) in [5, 5.41) is 4.13. The van der Waals surface area contributed by atoms with E-state index in [1.165, 1.54) is 0 Å². The minimum absolute atomic E-state index is 0.0507. The van der Waals surface area contributed by atoms with Crippen LogP contribution in [-0.4, -0.2) is 72.3 Å². The molecule has 4 heterocycles. The highest BCUT2D eigenvalue weighted by Crippen LogP contribution is 2.22. The summed E-state index contributed by atoms with van der Waals surface area (Å²) in [4.78, 5) is 25.2. The van der Waals surface area contributed by atoms with Crippen LogP contribution in [0.4, 0.5) is 5.82 Å². The van der Waals surface area contributed by atoms with E-state index in [2.05, 4.69) is 45.0 Å². The number of H-pyrrole nitrogens is 1. The molecule has 2 fully saturated rings. The molecule has 0 spiro atoms. The lowest BCUT2D eigenvalue weighted by Gasteiger charge is -2.37. The topological polar surface area (TPSA) is 73.5 Å². The van der Waals surface area contributed by atoms with E-state index in [4.69, 9.17) is 4.74 Å². The zero-order valence-corrected chi connectivity index (χ0v) is 16.2. The first-order valence-electron chi connectivity index (χ1n) is 9.96. The Morgan fingerprint density at radius 3 is 2.67 bits per heavy atom. The van der Waals surface area contributed by atoms with Crippen LogP contribution >= 0.6 is 0 Å². The van der Waals surface area contributed by atoms with E-state index in [0.29, 0.717) is 11.7 Å². The van der Waals surface area contributed by atoms with Gasteiger partial charge in [0.05, 0.1) is 11.7 Å². The fraction of sp³-hybridized carbons (Fsp3) is 0.600. The molecule has 0 atom stereocenters. The first kappa shape index (κ1) is 18.3. The van der Waals surface area contributed by atoms with Gasteiger partial charge in [-0.15, -0.1) is 0 Å². The van der Waals surface area contributed by atoms with Crippen molar-refractivity contribution in [3.63, 3.8) is 0 Å². The quantitative estimate of drug-likeness (QED) is 0.860. The molecule has 0 aliphatic carbocycles. The highest BCUT2D eigenvalue weighted by molar-refractivity contribution is 5.98. The fourth-order valence-electron chi connectivity index (χ4n) is 3.89. The molecule has 146 valence electrons. The van der Waals surface area contributed by atoms with E-state index >= 15 is 0 Å². The summed E-state index contributed by atoms with van der Waals surface area (Å²) in [6.07, 6.45) is 3.59. The number of aromatic amines is 1. The largest absolute Gasteiger partial charge is 0.381 e. The molecule has 2 aromatic rings. The predicted molar refractivity (Wildman–Crippen MR) is 106 cm³/mol. The van der Waals surface area contributed by atoms with Crippen molar-refractivity contribution >= 4 is 22.6 Å². The van der Waals surface area contributed by atoms with Crippen molar-refractivity contribution in [1.29, 1.82) is 0 Å². The maximum absolute atomic E-state index is 12.5. The molecule has 0 unspecified atom stereocenters. The molecule has 0 radical (unpaired) electrons. The van der Waals surface area contributed by atoms with Crippen LogP contribution in [-0.2, 0) is 4.74 Å². The van der Waals surface area contributed by atoms with Crippen LogP contribution < -0.4 is 10.2 Å². The molecule has 4 rings (SSSR count). The Labute approximate surface area is 160 Å². The van der Waals surface area contributed by atoms with Gasteiger partial charge in [-0.2, -0.15) is 0 Å². The third kappa shape index (κ3) is 4.09. The number of fused-ring (bicyclic) bond motifs is 1. The Morgan fingerprint density at radius 2 is 1.96 bits per heavy atom. The number of nitrogens with one attached hydrogen (secondary N) is 2. The molecule has 2 aromatic heterocycles. The minimum Gasteiger partial charge on any atom is -0.381 e. The highest BCUT2D eigenvalue weighted by atomic mass is 16.5. The third-order valence-corrected chi connectivity index (χ3v) is 5.66. The minimum atomic E-state index is -0.0507. The number of anilines is 1. The van der Waals surface area contributed by atoms with Crippen molar-refractivity contribution in [1.82, 2.24) is 20.2 Å². The zero-order chi connectivity index (χ0) is 18.8. The SMILES string of the molecule is CC(C)N1CCN(c2cc3cc(C(=O)NC4CCOCC4)[nH]c3cn2)CC1. The summed E-state index contributed by atoms with van der Waals surface area (Å²) in [7, 11) is 0. The summed E-state index contributed by atoms with van der Waals surface area (Å²) in [5.41, 5.74) is 1.50. The van der Waals surface area contributed by atoms with Gasteiger partial charge in [0.15, 0.2) is 0 Å². The van der Waals surface area contributed by atoms with E-state index in [1.54, 1.807) is 0 Å². The number of rotatable bonds is 4. The van der Waals surface area contributed by atoms with Gasteiger partial charge in [0.25, 0.3) is 5.91 Å². The second kappa shape index (κ2) is 7.86. The van der Waals surface area contributed by atoms with Gasteiger partial charge in [0.2, 0.25) is 0 Å². The van der Waals surface area contributed by atoms with Gasteiger partial charge < -0.3 is 19.9 Å². The Morgan fingerprint density at radius 1 is 1.22 bits per heavy atom. The Balaban J connectivity index is 1.44. The van der Waals surface area contributed by atoms with Crippen LogP contribution in [0.1, 0.15) is 37.2 Å². The summed E-state index contributed by atoms with van der Waals surface area (Å²) >= 11 is 0. The molecule has 0 aromatic carbocycles.